The lowest BCUT2D eigenvalue weighted by Crippen LogP contribution is -2.50. The highest BCUT2D eigenvalue weighted by molar-refractivity contribution is 8.00. The second-order valence-corrected chi connectivity index (χ2v) is 10.2. The summed E-state index contributed by atoms with van der Waals surface area (Å²) in [6.07, 6.45) is 0. The first kappa shape index (κ1) is 18.8. The SMILES string of the molecule is CN=C(NCc1ccc(N2CCSCC2)cc1)N1CCSC(C)(C)C1. The van der Waals surface area contributed by atoms with E-state index in [1.54, 1.807) is 0 Å². The van der Waals surface area contributed by atoms with Crippen LogP contribution in [0.3, 0.4) is 0 Å². The molecule has 1 N–H and O–H groups in total. The summed E-state index contributed by atoms with van der Waals surface area (Å²) in [6.45, 7) is 9.90. The van der Waals surface area contributed by atoms with Crippen molar-refractivity contribution in [2.45, 2.75) is 25.1 Å². The van der Waals surface area contributed by atoms with Gasteiger partial charge < -0.3 is 15.1 Å². The van der Waals surface area contributed by atoms with Gasteiger partial charge in [0.25, 0.3) is 0 Å². The van der Waals surface area contributed by atoms with Gasteiger partial charge in [-0.1, -0.05) is 12.1 Å². The van der Waals surface area contributed by atoms with Crippen LogP contribution in [0, 0.1) is 0 Å². The molecule has 6 heteroatoms. The van der Waals surface area contributed by atoms with E-state index >= 15 is 0 Å². The number of anilines is 1. The van der Waals surface area contributed by atoms with Crippen LogP contribution in [-0.2, 0) is 6.54 Å². The summed E-state index contributed by atoms with van der Waals surface area (Å²) in [5.74, 6) is 4.66. The van der Waals surface area contributed by atoms with E-state index in [1.165, 1.54) is 22.8 Å². The minimum absolute atomic E-state index is 0.296. The number of hydrogen-bond donors (Lipinski definition) is 1. The highest BCUT2D eigenvalue weighted by Gasteiger charge is 2.28. The van der Waals surface area contributed by atoms with E-state index in [9.17, 15) is 0 Å². The molecule has 0 aliphatic carbocycles. The number of nitrogens with zero attached hydrogens (tertiary/aromatic N) is 3. The Morgan fingerprint density at radius 1 is 1.12 bits per heavy atom. The molecule has 138 valence electrons. The molecule has 1 aromatic rings. The van der Waals surface area contributed by atoms with Crippen LogP contribution >= 0.6 is 23.5 Å². The lowest BCUT2D eigenvalue weighted by Gasteiger charge is -2.39. The third kappa shape index (κ3) is 5.23. The molecular formula is C19H30N4S2. The molecule has 0 aromatic heterocycles. The second-order valence-electron chi connectivity index (χ2n) is 7.20. The van der Waals surface area contributed by atoms with Gasteiger partial charge >= 0.3 is 0 Å². The average Bonchev–Trinajstić information content (AvgIpc) is 2.63. The Labute approximate surface area is 160 Å². The van der Waals surface area contributed by atoms with E-state index in [0.717, 1.165) is 44.4 Å². The van der Waals surface area contributed by atoms with Crippen LogP contribution in [0.4, 0.5) is 5.69 Å². The summed E-state index contributed by atoms with van der Waals surface area (Å²) < 4.78 is 0.296. The number of benzene rings is 1. The van der Waals surface area contributed by atoms with Gasteiger partial charge in [-0.15, -0.1) is 0 Å². The predicted octanol–water partition coefficient (Wildman–Crippen LogP) is 3.14. The minimum atomic E-state index is 0.296. The predicted molar refractivity (Wildman–Crippen MR) is 114 cm³/mol. The standard InChI is InChI=1S/C19H30N4S2/c1-19(2)15-23(10-13-25-19)18(20-3)21-14-16-4-6-17(7-5-16)22-8-11-24-12-9-22/h4-7H,8-15H2,1-3H3,(H,20,21). The van der Waals surface area contributed by atoms with Crippen molar-refractivity contribution in [1.29, 1.82) is 0 Å². The number of guanidine groups is 1. The van der Waals surface area contributed by atoms with Gasteiger partial charge in [-0.25, -0.2) is 0 Å². The molecule has 0 atom stereocenters. The van der Waals surface area contributed by atoms with Crippen LogP contribution < -0.4 is 10.2 Å². The van der Waals surface area contributed by atoms with E-state index in [-0.39, 0.29) is 0 Å². The molecule has 0 spiro atoms. The van der Waals surface area contributed by atoms with E-state index in [4.69, 9.17) is 0 Å². The lowest BCUT2D eigenvalue weighted by molar-refractivity contribution is 0.376. The molecular weight excluding hydrogens is 348 g/mol. The van der Waals surface area contributed by atoms with Crippen LogP contribution in [0.5, 0.6) is 0 Å². The first-order chi connectivity index (χ1) is 12.1. The van der Waals surface area contributed by atoms with Gasteiger partial charge in [-0.2, -0.15) is 23.5 Å². The van der Waals surface area contributed by atoms with Crippen LogP contribution in [-0.4, -0.2) is 66.1 Å². The number of rotatable bonds is 3. The molecule has 25 heavy (non-hydrogen) atoms. The molecule has 0 radical (unpaired) electrons. The molecule has 2 aliphatic heterocycles. The van der Waals surface area contributed by atoms with Crippen molar-refractivity contribution in [2.24, 2.45) is 4.99 Å². The molecule has 0 unspecified atom stereocenters. The summed E-state index contributed by atoms with van der Waals surface area (Å²) in [7, 11) is 1.88. The lowest BCUT2D eigenvalue weighted by atomic mass is 10.2. The highest BCUT2D eigenvalue weighted by atomic mass is 32.2. The van der Waals surface area contributed by atoms with Gasteiger partial charge in [0.2, 0.25) is 0 Å². The zero-order valence-electron chi connectivity index (χ0n) is 15.6. The molecule has 0 amide bonds. The third-order valence-corrected chi connectivity index (χ3v) is 6.94. The largest absolute Gasteiger partial charge is 0.370 e. The quantitative estimate of drug-likeness (QED) is 0.645. The Kier molecular flexibility index (Phi) is 6.44. The van der Waals surface area contributed by atoms with Crippen molar-refractivity contribution in [2.75, 3.05) is 55.4 Å². The maximum atomic E-state index is 4.49. The Balaban J connectivity index is 1.55. The normalized spacial score (nSPS) is 21.3. The Morgan fingerprint density at radius 3 is 2.48 bits per heavy atom. The smallest absolute Gasteiger partial charge is 0.193 e. The van der Waals surface area contributed by atoms with Gasteiger partial charge in [0.1, 0.15) is 0 Å². The van der Waals surface area contributed by atoms with Gasteiger partial charge in [0, 0.05) is 67.5 Å². The van der Waals surface area contributed by atoms with Crippen molar-refractivity contribution in [3.05, 3.63) is 29.8 Å². The molecule has 3 rings (SSSR count). The monoisotopic (exact) mass is 378 g/mol. The Morgan fingerprint density at radius 2 is 1.84 bits per heavy atom. The number of thioether (sulfide) groups is 2. The number of aliphatic imine (C=N–C) groups is 1. The fourth-order valence-electron chi connectivity index (χ4n) is 3.36. The molecule has 2 heterocycles. The third-order valence-electron chi connectivity index (χ3n) is 4.70. The number of nitrogens with one attached hydrogen (secondary N) is 1. The van der Waals surface area contributed by atoms with Gasteiger partial charge in [0.05, 0.1) is 0 Å². The maximum Gasteiger partial charge on any atom is 0.193 e. The fourth-order valence-corrected chi connectivity index (χ4v) is 5.37. The summed E-state index contributed by atoms with van der Waals surface area (Å²) in [4.78, 5) is 9.37. The summed E-state index contributed by atoms with van der Waals surface area (Å²) in [5.41, 5.74) is 2.66. The number of hydrogen-bond acceptors (Lipinski definition) is 4. The fraction of sp³-hybridized carbons (Fsp3) is 0.632. The molecule has 2 aliphatic rings. The summed E-state index contributed by atoms with van der Waals surface area (Å²) in [5, 5.41) is 3.54. The average molecular weight is 379 g/mol. The van der Waals surface area contributed by atoms with Crippen molar-refractivity contribution < 1.29 is 0 Å². The van der Waals surface area contributed by atoms with Crippen LogP contribution in [0.25, 0.3) is 0 Å². The zero-order valence-corrected chi connectivity index (χ0v) is 17.3. The van der Waals surface area contributed by atoms with Gasteiger partial charge in [-0.3, -0.25) is 4.99 Å². The van der Waals surface area contributed by atoms with Crippen molar-refractivity contribution in [1.82, 2.24) is 10.2 Å². The van der Waals surface area contributed by atoms with E-state index < -0.39 is 0 Å². The van der Waals surface area contributed by atoms with E-state index in [1.807, 2.05) is 7.05 Å². The van der Waals surface area contributed by atoms with Crippen LogP contribution in [0.2, 0.25) is 0 Å². The van der Waals surface area contributed by atoms with Crippen LogP contribution in [0.15, 0.2) is 29.3 Å². The first-order valence-corrected chi connectivity index (χ1v) is 11.2. The minimum Gasteiger partial charge on any atom is -0.370 e. The molecule has 2 fully saturated rings. The van der Waals surface area contributed by atoms with Gasteiger partial charge in [0.15, 0.2) is 5.96 Å². The van der Waals surface area contributed by atoms with E-state index in [2.05, 4.69) is 81.7 Å². The zero-order chi connectivity index (χ0) is 17.7. The first-order valence-electron chi connectivity index (χ1n) is 9.09. The van der Waals surface area contributed by atoms with Crippen molar-refractivity contribution in [3.63, 3.8) is 0 Å². The second kappa shape index (κ2) is 8.58. The van der Waals surface area contributed by atoms with Crippen molar-refractivity contribution >= 4 is 35.2 Å². The molecule has 4 nitrogen and oxygen atoms in total. The molecule has 0 bridgehead atoms. The molecule has 2 saturated heterocycles. The van der Waals surface area contributed by atoms with Gasteiger partial charge in [-0.05, 0) is 31.5 Å². The van der Waals surface area contributed by atoms with Crippen LogP contribution in [0.1, 0.15) is 19.4 Å². The summed E-state index contributed by atoms with van der Waals surface area (Å²) in [6, 6.07) is 9.01. The topological polar surface area (TPSA) is 30.9 Å². The Hall–Kier alpha value is -1.01. The Bertz CT molecular complexity index is 580. The highest BCUT2D eigenvalue weighted by Crippen LogP contribution is 2.29. The van der Waals surface area contributed by atoms with E-state index in [0.29, 0.717) is 4.75 Å². The molecule has 0 saturated carbocycles. The maximum absolute atomic E-state index is 4.49. The summed E-state index contributed by atoms with van der Waals surface area (Å²) >= 11 is 4.10. The van der Waals surface area contributed by atoms with Crippen molar-refractivity contribution in [3.8, 4) is 0 Å². The molecule has 1 aromatic carbocycles.